The minimum absolute atomic E-state index is 0.327. The van der Waals surface area contributed by atoms with Crippen LogP contribution in [0.5, 0.6) is 0 Å². The molecule has 0 aliphatic heterocycles. The van der Waals surface area contributed by atoms with Gasteiger partial charge in [-0.2, -0.15) is 0 Å². The molecule has 0 aromatic carbocycles. The Hall–Kier alpha value is 1.48. The lowest BCUT2D eigenvalue weighted by Crippen LogP contribution is -1.81. The number of thiol groups is 2. The molecule has 0 saturated carbocycles. The molecule has 86 valence electrons. The van der Waals surface area contributed by atoms with Crippen molar-refractivity contribution < 1.29 is 0 Å². The fraction of sp³-hybridized carbons (Fsp3) is 1.00. The molecule has 0 unspecified atom stereocenters. The van der Waals surface area contributed by atoms with E-state index in [4.69, 9.17) is 0 Å². The van der Waals surface area contributed by atoms with Gasteiger partial charge in [0.05, 0.1) is 5.53 Å². The molecule has 14 heavy (non-hydrogen) atoms. The van der Waals surface area contributed by atoms with E-state index >= 15 is 0 Å². The fourth-order valence-electron chi connectivity index (χ4n) is 1.38. The third-order valence-electron chi connectivity index (χ3n) is 2.20. The molecule has 0 aromatic rings. The minimum atomic E-state index is -0.327. The lowest BCUT2D eigenvalue weighted by molar-refractivity contribution is 0.586. The average molecular weight is 270 g/mol. The van der Waals surface area contributed by atoms with Gasteiger partial charge in [0.15, 0.2) is 0 Å². The van der Waals surface area contributed by atoms with Crippen LogP contribution >= 0.6 is 41.4 Å². The van der Waals surface area contributed by atoms with E-state index in [1.165, 1.54) is 57.1 Å². The van der Waals surface area contributed by atoms with Crippen LogP contribution in [0.1, 0.15) is 58.3 Å². The van der Waals surface area contributed by atoms with E-state index in [9.17, 15) is 0 Å². The summed E-state index contributed by atoms with van der Waals surface area (Å²) in [6.45, 7) is 2.27. The highest BCUT2D eigenvalue weighted by Crippen LogP contribution is 2.58. The van der Waals surface area contributed by atoms with E-state index in [1.807, 2.05) is 11.4 Å². The third-order valence-corrected chi connectivity index (χ3v) is 6.23. The predicted octanol–water partition coefficient (Wildman–Crippen LogP) is 5.95. The Morgan fingerprint density at radius 3 is 1.86 bits per heavy atom. The van der Waals surface area contributed by atoms with Crippen LogP contribution in [-0.4, -0.2) is 5.75 Å². The summed E-state index contributed by atoms with van der Waals surface area (Å²) in [7, 11) is 0. The molecule has 0 radical (unpaired) electrons. The zero-order chi connectivity index (χ0) is 10.6. The SMILES string of the molecule is CCCCCCCCCCSP(S)S. The molecule has 0 heterocycles. The van der Waals surface area contributed by atoms with E-state index in [1.54, 1.807) is 0 Å². The summed E-state index contributed by atoms with van der Waals surface area (Å²) in [5.41, 5.74) is -0.327. The van der Waals surface area contributed by atoms with Crippen molar-refractivity contribution in [1.82, 2.24) is 0 Å². The molecule has 0 aliphatic rings. The van der Waals surface area contributed by atoms with Crippen molar-refractivity contribution in [2.45, 2.75) is 58.3 Å². The maximum atomic E-state index is 4.27. The largest absolute Gasteiger partial charge is 0.130 e. The first-order valence-corrected chi connectivity index (χ1v) is 10.8. The van der Waals surface area contributed by atoms with E-state index < -0.39 is 0 Å². The summed E-state index contributed by atoms with van der Waals surface area (Å²) in [5, 5.41) is 0. The second-order valence-corrected chi connectivity index (χ2v) is 11.6. The summed E-state index contributed by atoms with van der Waals surface area (Å²) in [4.78, 5) is 0. The van der Waals surface area contributed by atoms with Crippen molar-refractivity contribution in [2.24, 2.45) is 0 Å². The molecular weight excluding hydrogens is 247 g/mol. The second-order valence-electron chi connectivity index (χ2n) is 3.56. The monoisotopic (exact) mass is 270 g/mol. The first kappa shape index (κ1) is 15.5. The van der Waals surface area contributed by atoms with Gasteiger partial charge in [-0.05, 0) is 12.2 Å². The zero-order valence-corrected chi connectivity index (χ0v) is 12.6. The average Bonchev–Trinajstić information content (AvgIpc) is 2.15. The first-order chi connectivity index (χ1) is 6.77. The van der Waals surface area contributed by atoms with Gasteiger partial charge >= 0.3 is 0 Å². The van der Waals surface area contributed by atoms with Gasteiger partial charge in [0.2, 0.25) is 0 Å². The summed E-state index contributed by atoms with van der Waals surface area (Å²) in [5.74, 6) is 1.24. The normalized spacial score (nSPS) is 11.1. The molecule has 0 atom stereocenters. The second kappa shape index (κ2) is 12.5. The lowest BCUT2D eigenvalue weighted by Gasteiger charge is -2.03. The van der Waals surface area contributed by atoms with Crippen LogP contribution < -0.4 is 0 Å². The van der Waals surface area contributed by atoms with Crippen molar-refractivity contribution in [1.29, 1.82) is 0 Å². The Bertz CT molecular complexity index is 110. The Balaban J connectivity index is 2.85. The van der Waals surface area contributed by atoms with Crippen LogP contribution in [0, 0.1) is 0 Å². The maximum Gasteiger partial charge on any atom is 0.0666 e. The molecule has 4 heteroatoms. The maximum absolute atomic E-state index is 4.27. The minimum Gasteiger partial charge on any atom is -0.130 e. The molecule has 0 aromatic heterocycles. The third kappa shape index (κ3) is 13.5. The van der Waals surface area contributed by atoms with E-state index in [2.05, 4.69) is 31.4 Å². The highest BCUT2D eigenvalue weighted by atomic mass is 33.3. The van der Waals surface area contributed by atoms with E-state index in [0.29, 0.717) is 0 Å². The van der Waals surface area contributed by atoms with Crippen LogP contribution in [0.2, 0.25) is 0 Å². The molecule has 0 amide bonds. The fourth-order valence-corrected chi connectivity index (χ4v) is 4.23. The van der Waals surface area contributed by atoms with Gasteiger partial charge in [-0.3, -0.25) is 0 Å². The van der Waals surface area contributed by atoms with E-state index in [-0.39, 0.29) is 5.53 Å². The van der Waals surface area contributed by atoms with Gasteiger partial charge in [-0.25, -0.2) is 0 Å². The van der Waals surface area contributed by atoms with E-state index in [0.717, 1.165) is 0 Å². The van der Waals surface area contributed by atoms with Crippen LogP contribution in [0.3, 0.4) is 0 Å². The Morgan fingerprint density at radius 2 is 1.36 bits per heavy atom. The molecule has 0 bridgehead atoms. The van der Waals surface area contributed by atoms with Gasteiger partial charge < -0.3 is 0 Å². The van der Waals surface area contributed by atoms with Gasteiger partial charge in [0.1, 0.15) is 0 Å². The van der Waals surface area contributed by atoms with Gasteiger partial charge in [-0.15, -0.1) is 35.9 Å². The molecular formula is C10H23PS3. The molecule has 0 N–H and O–H groups in total. The standard InChI is InChI=1S/C10H23PS3/c1-2-3-4-5-6-7-8-9-10-14-11(12)13/h12-13H,2-10H2,1H3. The smallest absolute Gasteiger partial charge is 0.0666 e. The highest BCUT2D eigenvalue weighted by Gasteiger charge is 1.95. The van der Waals surface area contributed by atoms with Gasteiger partial charge in [0, 0.05) is 0 Å². The highest BCUT2D eigenvalue weighted by molar-refractivity contribution is 9.06. The Morgan fingerprint density at radius 1 is 0.857 bits per heavy atom. The molecule has 0 rings (SSSR count). The summed E-state index contributed by atoms with van der Waals surface area (Å²) >= 11 is 10.4. The van der Waals surface area contributed by atoms with Crippen LogP contribution in [-0.2, 0) is 0 Å². The summed E-state index contributed by atoms with van der Waals surface area (Å²) in [6.07, 6.45) is 11.2. The molecule has 0 spiro atoms. The summed E-state index contributed by atoms with van der Waals surface area (Å²) in [6, 6.07) is 0. The number of rotatable bonds is 10. The van der Waals surface area contributed by atoms with Crippen molar-refractivity contribution in [3.63, 3.8) is 0 Å². The zero-order valence-electron chi connectivity index (χ0n) is 9.11. The lowest BCUT2D eigenvalue weighted by atomic mass is 10.1. The predicted molar refractivity (Wildman–Crippen MR) is 80.0 cm³/mol. The first-order valence-electron chi connectivity index (χ1n) is 5.58. The molecule has 0 saturated heterocycles. The van der Waals surface area contributed by atoms with Gasteiger partial charge in [0.25, 0.3) is 0 Å². The van der Waals surface area contributed by atoms with Crippen LogP contribution in [0.25, 0.3) is 0 Å². The summed E-state index contributed by atoms with van der Waals surface area (Å²) < 4.78 is 0. The van der Waals surface area contributed by atoms with Crippen LogP contribution in [0.4, 0.5) is 0 Å². The number of hydrogen-bond donors (Lipinski definition) is 2. The van der Waals surface area contributed by atoms with Crippen molar-refractivity contribution in [3.05, 3.63) is 0 Å². The topological polar surface area (TPSA) is 0 Å². The molecule has 0 nitrogen and oxygen atoms in total. The number of unbranched alkanes of at least 4 members (excludes halogenated alkanes) is 7. The Labute approximate surface area is 105 Å². The van der Waals surface area contributed by atoms with Crippen molar-refractivity contribution >= 4 is 41.4 Å². The quantitative estimate of drug-likeness (QED) is 0.281. The number of hydrogen-bond acceptors (Lipinski definition) is 3. The molecule has 0 aliphatic carbocycles. The van der Waals surface area contributed by atoms with Crippen molar-refractivity contribution in [2.75, 3.05) is 5.75 Å². The Kier molecular flexibility index (Phi) is 13.9. The van der Waals surface area contributed by atoms with Gasteiger partial charge in [-0.1, -0.05) is 51.9 Å². The van der Waals surface area contributed by atoms with Crippen molar-refractivity contribution in [3.8, 4) is 0 Å². The van der Waals surface area contributed by atoms with Crippen LogP contribution in [0.15, 0.2) is 0 Å². The molecule has 0 fully saturated rings.